The molecule has 0 aromatic heterocycles. The van der Waals surface area contributed by atoms with E-state index < -0.39 is 0 Å². The van der Waals surface area contributed by atoms with Crippen molar-refractivity contribution >= 4 is 17.7 Å². The first-order valence-corrected chi connectivity index (χ1v) is 10.4. The normalized spacial score (nSPS) is 20.1. The second kappa shape index (κ2) is 13.1. The van der Waals surface area contributed by atoms with Gasteiger partial charge in [0.2, 0.25) is 0 Å². The maximum absolute atomic E-state index is 4.70. The van der Waals surface area contributed by atoms with Crippen LogP contribution in [-0.4, -0.2) is 61.6 Å². The first-order valence-electron chi connectivity index (χ1n) is 9.03. The first-order chi connectivity index (χ1) is 10.8. The molecule has 1 fully saturated rings. The zero-order valence-electron chi connectivity index (χ0n) is 14.9. The Morgan fingerprint density at radius 3 is 2.82 bits per heavy atom. The van der Waals surface area contributed by atoms with Gasteiger partial charge in [-0.1, -0.05) is 6.42 Å². The molecule has 0 bridgehead atoms. The summed E-state index contributed by atoms with van der Waals surface area (Å²) in [6.45, 7) is 9.83. The molecule has 0 saturated carbocycles. The average molecular weight is 329 g/mol. The summed E-state index contributed by atoms with van der Waals surface area (Å²) in [5, 5.41) is 6.78. The Hall–Kier alpha value is -0.420. The molecular weight excluding hydrogens is 292 g/mol. The van der Waals surface area contributed by atoms with Crippen molar-refractivity contribution in [3.8, 4) is 0 Å². The van der Waals surface area contributed by atoms with E-state index in [0.29, 0.717) is 0 Å². The molecule has 0 amide bonds. The van der Waals surface area contributed by atoms with Crippen LogP contribution in [0.2, 0.25) is 0 Å². The summed E-state index contributed by atoms with van der Waals surface area (Å²) in [6, 6.07) is 0.764. The van der Waals surface area contributed by atoms with Crippen molar-refractivity contribution in [3.05, 3.63) is 0 Å². The number of rotatable bonds is 10. The van der Waals surface area contributed by atoms with Crippen LogP contribution in [0.1, 0.15) is 52.4 Å². The molecule has 0 radical (unpaired) electrons. The Morgan fingerprint density at radius 1 is 1.23 bits per heavy atom. The molecule has 0 aromatic carbocycles. The molecule has 5 heteroatoms. The van der Waals surface area contributed by atoms with Crippen LogP contribution < -0.4 is 10.6 Å². The third-order valence-corrected chi connectivity index (χ3v) is 4.92. The fourth-order valence-corrected chi connectivity index (χ4v) is 3.37. The number of aliphatic imine (C=N–C) groups is 1. The lowest BCUT2D eigenvalue weighted by Gasteiger charge is -2.33. The molecule has 1 aliphatic rings. The van der Waals surface area contributed by atoms with Crippen molar-refractivity contribution in [2.24, 2.45) is 4.99 Å². The molecule has 1 rings (SSSR count). The summed E-state index contributed by atoms with van der Waals surface area (Å²) < 4.78 is 0. The number of likely N-dealkylation sites (tertiary alicyclic amines) is 1. The molecule has 130 valence electrons. The number of nitrogens with one attached hydrogen (secondary N) is 2. The fourth-order valence-electron chi connectivity index (χ4n) is 2.87. The molecule has 22 heavy (non-hydrogen) atoms. The molecular formula is C17H36N4S. The van der Waals surface area contributed by atoms with Crippen molar-refractivity contribution in [2.45, 2.75) is 58.4 Å². The summed E-state index contributed by atoms with van der Waals surface area (Å²) in [7, 11) is 0. The van der Waals surface area contributed by atoms with Crippen LogP contribution in [0.4, 0.5) is 0 Å². The van der Waals surface area contributed by atoms with Gasteiger partial charge in [0, 0.05) is 32.2 Å². The quantitative estimate of drug-likeness (QED) is 0.367. The average Bonchev–Trinajstić information content (AvgIpc) is 2.52. The highest BCUT2D eigenvalue weighted by atomic mass is 32.2. The number of guanidine groups is 1. The van der Waals surface area contributed by atoms with Crippen LogP contribution in [0.5, 0.6) is 0 Å². The largest absolute Gasteiger partial charge is 0.357 e. The molecule has 1 heterocycles. The van der Waals surface area contributed by atoms with E-state index in [-0.39, 0.29) is 0 Å². The van der Waals surface area contributed by atoms with Crippen molar-refractivity contribution < 1.29 is 0 Å². The topological polar surface area (TPSA) is 39.7 Å². The van der Waals surface area contributed by atoms with Gasteiger partial charge in [0.1, 0.15) is 0 Å². The minimum atomic E-state index is 0.764. The SMILES string of the molecule is CCNC(=NCCCN1CCCCC1C)NCCCCSC. The molecule has 1 aliphatic heterocycles. The molecule has 1 saturated heterocycles. The van der Waals surface area contributed by atoms with Gasteiger partial charge < -0.3 is 15.5 Å². The Morgan fingerprint density at radius 2 is 2.09 bits per heavy atom. The van der Waals surface area contributed by atoms with E-state index in [4.69, 9.17) is 4.99 Å². The molecule has 4 nitrogen and oxygen atoms in total. The number of unbranched alkanes of at least 4 members (excludes halogenated alkanes) is 1. The second-order valence-corrected chi connectivity index (χ2v) is 7.11. The third kappa shape index (κ3) is 8.89. The second-order valence-electron chi connectivity index (χ2n) is 6.12. The minimum absolute atomic E-state index is 0.764. The van der Waals surface area contributed by atoms with Crippen LogP contribution in [-0.2, 0) is 0 Å². The Labute approximate surface area is 141 Å². The van der Waals surface area contributed by atoms with E-state index >= 15 is 0 Å². The molecule has 0 aliphatic carbocycles. The maximum Gasteiger partial charge on any atom is 0.191 e. The molecule has 1 atom stereocenters. The summed E-state index contributed by atoms with van der Waals surface area (Å²) in [5.41, 5.74) is 0. The molecule has 0 aromatic rings. The smallest absolute Gasteiger partial charge is 0.191 e. The monoisotopic (exact) mass is 328 g/mol. The van der Waals surface area contributed by atoms with Crippen LogP contribution >= 0.6 is 11.8 Å². The van der Waals surface area contributed by atoms with Gasteiger partial charge in [-0.3, -0.25) is 4.99 Å². The van der Waals surface area contributed by atoms with Crippen molar-refractivity contribution in [3.63, 3.8) is 0 Å². The van der Waals surface area contributed by atoms with Crippen molar-refractivity contribution in [2.75, 3.05) is 44.7 Å². The van der Waals surface area contributed by atoms with Gasteiger partial charge >= 0.3 is 0 Å². The van der Waals surface area contributed by atoms with Crippen molar-refractivity contribution in [1.82, 2.24) is 15.5 Å². The standard InChI is InChI=1S/C17H36N4S/c1-4-18-17(19-11-6-8-15-22-3)20-12-9-14-21-13-7-5-10-16(21)2/h16H,4-15H2,1-3H3,(H2,18,19,20). The van der Waals surface area contributed by atoms with E-state index in [1.807, 2.05) is 11.8 Å². The first kappa shape index (κ1) is 19.6. The van der Waals surface area contributed by atoms with Gasteiger partial charge in [-0.15, -0.1) is 0 Å². The predicted octanol–water partition coefficient (Wildman–Crippen LogP) is 2.95. The minimum Gasteiger partial charge on any atom is -0.357 e. The van der Waals surface area contributed by atoms with Gasteiger partial charge in [-0.05, 0) is 64.5 Å². The predicted molar refractivity (Wildman–Crippen MR) is 101 cm³/mol. The van der Waals surface area contributed by atoms with E-state index in [1.165, 1.54) is 50.9 Å². The van der Waals surface area contributed by atoms with Gasteiger partial charge in [-0.2, -0.15) is 11.8 Å². The summed E-state index contributed by atoms with van der Waals surface area (Å²) in [4.78, 5) is 7.33. The number of nitrogens with zero attached hydrogens (tertiary/aromatic N) is 2. The van der Waals surface area contributed by atoms with E-state index in [0.717, 1.165) is 38.1 Å². The van der Waals surface area contributed by atoms with E-state index in [1.54, 1.807) is 0 Å². The summed E-state index contributed by atoms with van der Waals surface area (Å²) in [5.74, 6) is 2.24. The molecule has 1 unspecified atom stereocenters. The highest BCUT2D eigenvalue weighted by Gasteiger charge is 2.16. The number of hydrogen-bond donors (Lipinski definition) is 2. The van der Waals surface area contributed by atoms with E-state index in [9.17, 15) is 0 Å². The van der Waals surface area contributed by atoms with Crippen LogP contribution in [0.3, 0.4) is 0 Å². The van der Waals surface area contributed by atoms with Gasteiger partial charge in [0.25, 0.3) is 0 Å². The highest BCUT2D eigenvalue weighted by molar-refractivity contribution is 7.98. The van der Waals surface area contributed by atoms with Gasteiger partial charge in [0.15, 0.2) is 5.96 Å². The third-order valence-electron chi connectivity index (χ3n) is 4.23. The number of thioether (sulfide) groups is 1. The molecule has 0 spiro atoms. The lowest BCUT2D eigenvalue weighted by molar-refractivity contribution is 0.160. The molecule has 2 N–H and O–H groups in total. The van der Waals surface area contributed by atoms with Gasteiger partial charge in [0.05, 0.1) is 0 Å². The lowest BCUT2D eigenvalue weighted by atomic mass is 10.0. The fraction of sp³-hybridized carbons (Fsp3) is 0.941. The lowest BCUT2D eigenvalue weighted by Crippen LogP contribution is -2.39. The Bertz CT molecular complexity index is 296. The van der Waals surface area contributed by atoms with Gasteiger partial charge in [-0.25, -0.2) is 0 Å². The maximum atomic E-state index is 4.70. The van der Waals surface area contributed by atoms with Crippen LogP contribution in [0, 0.1) is 0 Å². The zero-order valence-corrected chi connectivity index (χ0v) is 15.7. The van der Waals surface area contributed by atoms with Crippen molar-refractivity contribution in [1.29, 1.82) is 0 Å². The number of hydrogen-bond acceptors (Lipinski definition) is 3. The van der Waals surface area contributed by atoms with Crippen LogP contribution in [0.15, 0.2) is 4.99 Å². The zero-order chi connectivity index (χ0) is 16.0. The summed E-state index contributed by atoms with van der Waals surface area (Å²) >= 11 is 1.92. The van der Waals surface area contributed by atoms with Crippen LogP contribution in [0.25, 0.3) is 0 Å². The Kier molecular flexibility index (Phi) is 11.6. The van der Waals surface area contributed by atoms with E-state index in [2.05, 4.69) is 35.6 Å². The highest BCUT2D eigenvalue weighted by Crippen LogP contribution is 2.16. The Balaban J connectivity index is 2.17. The summed E-state index contributed by atoms with van der Waals surface area (Å²) in [6.07, 6.45) is 9.96. The number of piperidine rings is 1.